The van der Waals surface area contributed by atoms with Gasteiger partial charge in [-0.2, -0.15) is 8.78 Å². The second kappa shape index (κ2) is 7.56. The molecule has 0 saturated heterocycles. The van der Waals surface area contributed by atoms with Crippen molar-refractivity contribution in [3.8, 4) is 0 Å². The quantitative estimate of drug-likeness (QED) is 0.617. The summed E-state index contributed by atoms with van der Waals surface area (Å²) in [5, 5.41) is 12.8. The zero-order valence-electron chi connectivity index (χ0n) is 15.5. The molecule has 0 radical (unpaired) electrons. The molecule has 0 aliphatic rings. The first kappa shape index (κ1) is 20.3. The van der Waals surface area contributed by atoms with Gasteiger partial charge in [-0.15, -0.1) is 0 Å². The van der Waals surface area contributed by atoms with Gasteiger partial charge in [-0.1, -0.05) is 18.2 Å². The Kier molecular flexibility index (Phi) is 5.49. The number of aromatic nitrogens is 3. The Labute approximate surface area is 168 Å². The van der Waals surface area contributed by atoms with Crippen LogP contribution in [-0.4, -0.2) is 26.2 Å². The molecule has 0 spiro atoms. The Hall–Kier alpha value is -2.39. The molecular formula is C19H19BrF2N4O2. The summed E-state index contributed by atoms with van der Waals surface area (Å²) in [5.41, 5.74) is 0.605. The number of rotatable bonds is 5. The van der Waals surface area contributed by atoms with E-state index >= 15 is 0 Å². The first-order valence-electron chi connectivity index (χ1n) is 8.53. The second-order valence-corrected chi connectivity index (χ2v) is 7.42. The van der Waals surface area contributed by atoms with Gasteiger partial charge in [0.05, 0.1) is 9.86 Å². The second-order valence-electron chi connectivity index (χ2n) is 6.57. The molecule has 28 heavy (non-hydrogen) atoms. The lowest BCUT2D eigenvalue weighted by Crippen LogP contribution is -2.20. The van der Waals surface area contributed by atoms with Crippen LogP contribution in [0, 0.1) is 6.92 Å². The van der Waals surface area contributed by atoms with E-state index in [1.165, 1.54) is 22.8 Å². The molecule has 3 rings (SSSR count). The molecule has 1 aromatic carbocycles. The highest BCUT2D eigenvalue weighted by atomic mass is 79.9. The Morgan fingerprint density at radius 3 is 2.71 bits per heavy atom. The minimum absolute atomic E-state index is 0.219. The first-order valence-corrected chi connectivity index (χ1v) is 9.33. The van der Waals surface area contributed by atoms with Crippen molar-refractivity contribution in [2.75, 3.05) is 11.9 Å². The van der Waals surface area contributed by atoms with Crippen LogP contribution in [-0.2, 0) is 13.0 Å². The highest BCUT2D eigenvalue weighted by molar-refractivity contribution is 9.10. The summed E-state index contributed by atoms with van der Waals surface area (Å²) in [4.78, 5) is 20.9. The minimum Gasteiger partial charge on any atom is -0.390 e. The van der Waals surface area contributed by atoms with Crippen molar-refractivity contribution in [2.24, 2.45) is 7.05 Å². The molecule has 1 atom stereocenters. The molecule has 0 saturated carbocycles. The molecule has 2 aromatic heterocycles. The lowest BCUT2D eigenvalue weighted by Gasteiger charge is -2.20. The van der Waals surface area contributed by atoms with Crippen molar-refractivity contribution in [1.29, 1.82) is 0 Å². The average molecular weight is 453 g/mol. The number of pyridine rings is 1. The highest BCUT2D eigenvalue weighted by Gasteiger charge is 2.30. The first-order chi connectivity index (χ1) is 13.1. The van der Waals surface area contributed by atoms with Crippen molar-refractivity contribution < 1.29 is 13.9 Å². The number of anilines is 1. The molecule has 0 aliphatic heterocycles. The Morgan fingerprint density at radius 1 is 1.32 bits per heavy atom. The third kappa shape index (κ3) is 3.77. The number of halogens is 3. The van der Waals surface area contributed by atoms with Crippen molar-refractivity contribution in [3.05, 3.63) is 62.1 Å². The third-order valence-corrected chi connectivity index (χ3v) is 5.06. The van der Waals surface area contributed by atoms with Gasteiger partial charge in [0.15, 0.2) is 0 Å². The maximum absolute atomic E-state index is 13.8. The van der Waals surface area contributed by atoms with Gasteiger partial charge in [0.25, 0.3) is 11.5 Å². The monoisotopic (exact) mass is 452 g/mol. The number of hydrogen-bond donors (Lipinski definition) is 2. The van der Waals surface area contributed by atoms with Crippen LogP contribution >= 0.6 is 15.9 Å². The van der Waals surface area contributed by atoms with E-state index in [4.69, 9.17) is 5.11 Å². The highest BCUT2D eigenvalue weighted by Crippen LogP contribution is 2.31. The SMILES string of the molecule is Cc1nc(N[C@H](C)c2cccc(C(F)(F)CO)c2)c2cc(Br)c(=O)n(C)c2n1. The number of alkyl halides is 2. The summed E-state index contributed by atoms with van der Waals surface area (Å²) < 4.78 is 29.4. The molecule has 0 unspecified atom stereocenters. The van der Waals surface area contributed by atoms with Crippen LogP contribution in [0.15, 0.2) is 39.6 Å². The van der Waals surface area contributed by atoms with Gasteiger partial charge in [-0.3, -0.25) is 9.36 Å². The lowest BCUT2D eigenvalue weighted by molar-refractivity contribution is -0.0556. The zero-order chi connectivity index (χ0) is 20.6. The molecule has 2 N–H and O–H groups in total. The lowest BCUT2D eigenvalue weighted by atomic mass is 10.0. The third-order valence-electron chi connectivity index (χ3n) is 4.50. The van der Waals surface area contributed by atoms with Crippen LogP contribution in [0.1, 0.15) is 29.9 Å². The molecule has 9 heteroatoms. The van der Waals surface area contributed by atoms with Crippen molar-refractivity contribution in [1.82, 2.24) is 14.5 Å². The molecule has 0 amide bonds. The van der Waals surface area contributed by atoms with Gasteiger partial charge in [0.1, 0.15) is 23.9 Å². The predicted molar refractivity (Wildman–Crippen MR) is 107 cm³/mol. The number of nitrogens with one attached hydrogen (secondary N) is 1. The molecule has 0 fully saturated rings. The smallest absolute Gasteiger partial charge is 0.295 e. The van der Waals surface area contributed by atoms with Crippen LogP contribution in [0.25, 0.3) is 11.0 Å². The number of benzene rings is 1. The van der Waals surface area contributed by atoms with Crippen LogP contribution in [0.2, 0.25) is 0 Å². The van der Waals surface area contributed by atoms with E-state index in [1.54, 1.807) is 26.1 Å². The molecular weight excluding hydrogens is 434 g/mol. The molecule has 0 bridgehead atoms. The fourth-order valence-corrected chi connectivity index (χ4v) is 3.42. The van der Waals surface area contributed by atoms with E-state index in [2.05, 4.69) is 31.2 Å². The average Bonchev–Trinajstić information content (AvgIpc) is 2.67. The van der Waals surface area contributed by atoms with E-state index < -0.39 is 12.5 Å². The number of aryl methyl sites for hydroxylation is 2. The minimum atomic E-state index is -3.31. The standard InChI is InChI=1S/C19H19BrF2N4O2/c1-10(12-5-4-6-13(7-12)19(21,22)9-27)23-16-14-8-15(20)18(28)26(3)17(14)25-11(2)24-16/h4-8,10,27H,9H2,1-3H3,(H,23,24,25)/t10-/m1/s1. The van der Waals surface area contributed by atoms with Gasteiger partial charge in [-0.25, -0.2) is 9.97 Å². The molecule has 6 nitrogen and oxygen atoms in total. The summed E-state index contributed by atoms with van der Waals surface area (Å²) in [5.74, 6) is -2.34. The fourth-order valence-electron chi connectivity index (χ4n) is 2.93. The van der Waals surface area contributed by atoms with E-state index in [9.17, 15) is 13.6 Å². The van der Waals surface area contributed by atoms with E-state index in [-0.39, 0.29) is 17.2 Å². The van der Waals surface area contributed by atoms with Crippen LogP contribution in [0.5, 0.6) is 0 Å². The Balaban J connectivity index is 2.04. The largest absolute Gasteiger partial charge is 0.390 e. The van der Waals surface area contributed by atoms with Crippen LogP contribution in [0.4, 0.5) is 14.6 Å². The summed E-state index contributed by atoms with van der Waals surface area (Å²) in [6, 6.07) is 7.16. The Bertz CT molecular complexity index is 1100. The van der Waals surface area contributed by atoms with Gasteiger partial charge in [-0.05, 0) is 47.5 Å². The number of hydrogen-bond acceptors (Lipinski definition) is 5. The van der Waals surface area contributed by atoms with E-state index in [1.807, 2.05) is 6.92 Å². The van der Waals surface area contributed by atoms with Crippen molar-refractivity contribution in [3.63, 3.8) is 0 Å². The summed E-state index contributed by atoms with van der Waals surface area (Å²) in [6.45, 7) is 2.27. The topological polar surface area (TPSA) is 80.0 Å². The number of aliphatic hydroxyl groups excluding tert-OH is 1. The van der Waals surface area contributed by atoms with Gasteiger partial charge in [0, 0.05) is 18.7 Å². The van der Waals surface area contributed by atoms with Gasteiger partial charge >= 0.3 is 0 Å². The predicted octanol–water partition coefficient (Wildman–Crippen LogP) is 3.66. The van der Waals surface area contributed by atoms with Crippen molar-refractivity contribution >= 4 is 32.8 Å². The number of nitrogens with zero attached hydrogens (tertiary/aromatic N) is 3. The molecule has 2 heterocycles. The number of fused-ring (bicyclic) bond motifs is 1. The number of aliphatic hydroxyl groups is 1. The van der Waals surface area contributed by atoms with E-state index in [0.717, 1.165) is 0 Å². The summed E-state index contributed by atoms with van der Waals surface area (Å²) in [6.07, 6.45) is 0. The van der Waals surface area contributed by atoms with Crippen LogP contribution < -0.4 is 10.9 Å². The van der Waals surface area contributed by atoms with Gasteiger partial charge in [0.2, 0.25) is 0 Å². The fraction of sp³-hybridized carbons (Fsp3) is 0.316. The van der Waals surface area contributed by atoms with E-state index in [0.29, 0.717) is 32.7 Å². The zero-order valence-corrected chi connectivity index (χ0v) is 17.1. The summed E-state index contributed by atoms with van der Waals surface area (Å²) in [7, 11) is 1.62. The normalized spacial score (nSPS) is 13.0. The van der Waals surface area contributed by atoms with Crippen LogP contribution in [0.3, 0.4) is 0 Å². The molecule has 148 valence electrons. The van der Waals surface area contributed by atoms with Crippen molar-refractivity contribution in [2.45, 2.75) is 25.8 Å². The maximum atomic E-state index is 13.8. The summed E-state index contributed by atoms with van der Waals surface area (Å²) >= 11 is 3.25. The molecule has 3 aromatic rings. The molecule has 0 aliphatic carbocycles. The Morgan fingerprint density at radius 2 is 2.04 bits per heavy atom. The van der Waals surface area contributed by atoms with Gasteiger partial charge < -0.3 is 10.4 Å². The maximum Gasteiger partial charge on any atom is 0.295 e.